The lowest BCUT2D eigenvalue weighted by atomic mass is 9.92. The average molecular weight is 371 g/mol. The Morgan fingerprint density at radius 2 is 1.14 bits per heavy atom. The summed E-state index contributed by atoms with van der Waals surface area (Å²) < 4.78 is 0. The molecule has 0 unspecified atom stereocenters. The van der Waals surface area contributed by atoms with Crippen LogP contribution in [-0.2, 0) is 19.3 Å². The molecule has 0 bridgehead atoms. The monoisotopic (exact) mass is 370 g/mol. The van der Waals surface area contributed by atoms with Crippen molar-refractivity contribution in [3.63, 3.8) is 0 Å². The highest BCUT2D eigenvalue weighted by Gasteiger charge is 2.07. The second kappa shape index (κ2) is 10.3. The van der Waals surface area contributed by atoms with Crippen LogP contribution in [0.5, 0.6) is 0 Å². The summed E-state index contributed by atoms with van der Waals surface area (Å²) in [5.74, 6) is 0. The lowest BCUT2D eigenvalue weighted by Gasteiger charge is -2.12. The van der Waals surface area contributed by atoms with E-state index < -0.39 is 0 Å². The van der Waals surface area contributed by atoms with E-state index in [4.69, 9.17) is 0 Å². The lowest BCUT2D eigenvalue weighted by molar-refractivity contribution is 0.717. The van der Waals surface area contributed by atoms with Crippen LogP contribution in [-0.4, -0.2) is 0 Å². The van der Waals surface area contributed by atoms with Crippen LogP contribution < -0.4 is 0 Å². The Balaban J connectivity index is 1.81. The average Bonchev–Trinajstić information content (AvgIpc) is 2.75. The standard InChI is InChI=1S/C28H34/c1-4-7-8-10-23-13-17-26(18-14-23)28-20-19-27(21-24(28)6-3)25-15-11-22(9-5-2)12-16-25/h11-21H,4-10H2,1-3H3. The molecule has 146 valence electrons. The van der Waals surface area contributed by atoms with E-state index in [-0.39, 0.29) is 0 Å². The second-order valence-electron chi connectivity index (χ2n) is 7.83. The van der Waals surface area contributed by atoms with Gasteiger partial charge in [-0.05, 0) is 64.6 Å². The molecule has 0 nitrogen and oxygen atoms in total. The predicted octanol–water partition coefficient (Wildman–Crippen LogP) is 8.27. The van der Waals surface area contributed by atoms with Crippen molar-refractivity contribution in [2.45, 2.75) is 65.7 Å². The first-order chi connectivity index (χ1) is 13.7. The van der Waals surface area contributed by atoms with E-state index in [0.717, 1.165) is 12.8 Å². The van der Waals surface area contributed by atoms with Gasteiger partial charge in [0.15, 0.2) is 0 Å². The van der Waals surface area contributed by atoms with Gasteiger partial charge in [-0.3, -0.25) is 0 Å². The first-order valence-electron chi connectivity index (χ1n) is 11.1. The fourth-order valence-corrected chi connectivity index (χ4v) is 3.93. The molecule has 28 heavy (non-hydrogen) atoms. The number of hydrogen-bond donors (Lipinski definition) is 0. The third-order valence-corrected chi connectivity index (χ3v) is 5.65. The molecule has 0 aliphatic heterocycles. The summed E-state index contributed by atoms with van der Waals surface area (Å²) in [5, 5.41) is 0. The number of aryl methyl sites for hydroxylation is 3. The zero-order valence-corrected chi connectivity index (χ0v) is 17.8. The Bertz CT molecular complexity index is 854. The summed E-state index contributed by atoms with van der Waals surface area (Å²) in [6, 6.07) is 25.3. The smallest absolute Gasteiger partial charge is 0.0152 e. The highest BCUT2D eigenvalue weighted by atomic mass is 14.1. The van der Waals surface area contributed by atoms with Crippen LogP contribution >= 0.6 is 0 Å². The van der Waals surface area contributed by atoms with Gasteiger partial charge in [0, 0.05) is 0 Å². The molecule has 0 atom stereocenters. The van der Waals surface area contributed by atoms with Crippen molar-refractivity contribution < 1.29 is 0 Å². The third-order valence-electron chi connectivity index (χ3n) is 5.65. The van der Waals surface area contributed by atoms with Crippen molar-refractivity contribution in [3.05, 3.63) is 83.4 Å². The van der Waals surface area contributed by atoms with Gasteiger partial charge in [0.05, 0.1) is 0 Å². The summed E-state index contributed by atoms with van der Waals surface area (Å²) in [7, 11) is 0. The molecule has 0 aliphatic rings. The summed E-state index contributed by atoms with van der Waals surface area (Å²) >= 11 is 0. The summed E-state index contributed by atoms with van der Waals surface area (Å²) in [4.78, 5) is 0. The van der Waals surface area contributed by atoms with Crippen molar-refractivity contribution in [1.29, 1.82) is 0 Å². The van der Waals surface area contributed by atoms with Crippen LogP contribution in [0.1, 0.15) is 63.1 Å². The van der Waals surface area contributed by atoms with E-state index in [9.17, 15) is 0 Å². The van der Waals surface area contributed by atoms with E-state index in [1.165, 1.54) is 71.0 Å². The van der Waals surface area contributed by atoms with Crippen LogP contribution in [0.15, 0.2) is 66.7 Å². The number of benzene rings is 3. The Morgan fingerprint density at radius 1 is 0.536 bits per heavy atom. The van der Waals surface area contributed by atoms with E-state index in [2.05, 4.69) is 87.5 Å². The predicted molar refractivity (Wildman–Crippen MR) is 124 cm³/mol. The molecule has 0 aromatic heterocycles. The molecule has 0 spiro atoms. The van der Waals surface area contributed by atoms with E-state index in [1.54, 1.807) is 0 Å². The van der Waals surface area contributed by atoms with Crippen LogP contribution in [0.25, 0.3) is 22.3 Å². The fraction of sp³-hybridized carbons (Fsp3) is 0.357. The molecule has 3 aromatic rings. The van der Waals surface area contributed by atoms with E-state index in [1.807, 2.05) is 0 Å². The maximum absolute atomic E-state index is 2.37. The third kappa shape index (κ3) is 5.13. The molecular weight excluding hydrogens is 336 g/mol. The van der Waals surface area contributed by atoms with Crippen LogP contribution in [0.3, 0.4) is 0 Å². The molecule has 3 aromatic carbocycles. The van der Waals surface area contributed by atoms with Crippen molar-refractivity contribution >= 4 is 0 Å². The molecule has 3 rings (SSSR count). The molecule has 0 N–H and O–H groups in total. The summed E-state index contributed by atoms with van der Waals surface area (Å²) in [6.45, 7) is 6.75. The normalized spacial score (nSPS) is 11.0. The van der Waals surface area contributed by atoms with Gasteiger partial charge in [0.25, 0.3) is 0 Å². The lowest BCUT2D eigenvalue weighted by Crippen LogP contribution is -1.91. The highest BCUT2D eigenvalue weighted by molar-refractivity contribution is 5.74. The molecular formula is C28H34. The Morgan fingerprint density at radius 3 is 1.75 bits per heavy atom. The second-order valence-corrected chi connectivity index (χ2v) is 7.83. The molecule has 0 saturated heterocycles. The zero-order valence-electron chi connectivity index (χ0n) is 17.8. The van der Waals surface area contributed by atoms with E-state index >= 15 is 0 Å². The van der Waals surface area contributed by atoms with Gasteiger partial charge in [-0.25, -0.2) is 0 Å². The molecule has 0 radical (unpaired) electrons. The Labute approximate surface area is 171 Å². The zero-order chi connectivity index (χ0) is 19.8. The van der Waals surface area contributed by atoms with Gasteiger partial charge in [-0.1, -0.05) is 107 Å². The van der Waals surface area contributed by atoms with Gasteiger partial charge in [0.2, 0.25) is 0 Å². The van der Waals surface area contributed by atoms with Crippen molar-refractivity contribution in [1.82, 2.24) is 0 Å². The summed E-state index contributed by atoms with van der Waals surface area (Å²) in [5.41, 5.74) is 9.65. The SMILES string of the molecule is CCCCCc1ccc(-c2ccc(-c3ccc(CCC)cc3)cc2CC)cc1. The quantitative estimate of drug-likeness (QED) is 0.332. The maximum atomic E-state index is 2.37. The highest BCUT2D eigenvalue weighted by Crippen LogP contribution is 2.30. The number of rotatable bonds is 9. The van der Waals surface area contributed by atoms with Crippen LogP contribution in [0.2, 0.25) is 0 Å². The van der Waals surface area contributed by atoms with Crippen molar-refractivity contribution in [3.8, 4) is 22.3 Å². The largest absolute Gasteiger partial charge is 0.0654 e. The summed E-state index contributed by atoms with van der Waals surface area (Å²) in [6.07, 6.45) is 8.51. The minimum absolute atomic E-state index is 1.05. The topological polar surface area (TPSA) is 0 Å². The van der Waals surface area contributed by atoms with Gasteiger partial charge in [-0.15, -0.1) is 0 Å². The van der Waals surface area contributed by atoms with E-state index in [0.29, 0.717) is 0 Å². The first-order valence-corrected chi connectivity index (χ1v) is 11.1. The van der Waals surface area contributed by atoms with Gasteiger partial charge >= 0.3 is 0 Å². The molecule has 0 fully saturated rings. The minimum atomic E-state index is 1.05. The fourth-order valence-electron chi connectivity index (χ4n) is 3.93. The maximum Gasteiger partial charge on any atom is -0.0152 e. The Kier molecular flexibility index (Phi) is 7.48. The molecule has 0 saturated carbocycles. The van der Waals surface area contributed by atoms with Gasteiger partial charge in [0.1, 0.15) is 0 Å². The Hall–Kier alpha value is -2.34. The van der Waals surface area contributed by atoms with Crippen molar-refractivity contribution in [2.24, 2.45) is 0 Å². The molecule has 0 heterocycles. The number of hydrogen-bond acceptors (Lipinski definition) is 0. The van der Waals surface area contributed by atoms with Gasteiger partial charge < -0.3 is 0 Å². The molecule has 0 heteroatoms. The number of unbranched alkanes of at least 4 members (excludes halogenated alkanes) is 2. The first kappa shape index (κ1) is 20.4. The van der Waals surface area contributed by atoms with Crippen LogP contribution in [0, 0.1) is 0 Å². The van der Waals surface area contributed by atoms with Gasteiger partial charge in [-0.2, -0.15) is 0 Å². The molecule has 0 aliphatic carbocycles. The molecule has 0 amide bonds. The van der Waals surface area contributed by atoms with Crippen molar-refractivity contribution in [2.75, 3.05) is 0 Å². The van der Waals surface area contributed by atoms with Crippen LogP contribution in [0.4, 0.5) is 0 Å². The minimum Gasteiger partial charge on any atom is -0.0654 e.